The molecule has 1 amide bonds. The molecule has 1 aliphatic rings. The predicted octanol–water partition coefficient (Wildman–Crippen LogP) is 3.52. The van der Waals surface area contributed by atoms with E-state index >= 15 is 0 Å². The number of benzene rings is 1. The monoisotopic (exact) mass is 442 g/mol. The summed E-state index contributed by atoms with van der Waals surface area (Å²) in [6, 6.07) is 7.12. The summed E-state index contributed by atoms with van der Waals surface area (Å²) in [4.78, 5) is 16.7. The van der Waals surface area contributed by atoms with Crippen molar-refractivity contribution in [1.82, 2.24) is 16.0 Å². The topological polar surface area (TPSA) is 74.8 Å². The van der Waals surface area contributed by atoms with Crippen LogP contribution in [0.4, 0.5) is 13.2 Å². The highest BCUT2D eigenvalue weighted by Crippen LogP contribution is 2.23. The van der Waals surface area contributed by atoms with Gasteiger partial charge in [0.15, 0.2) is 5.96 Å². The van der Waals surface area contributed by atoms with E-state index in [0.717, 1.165) is 31.2 Å². The van der Waals surface area contributed by atoms with Gasteiger partial charge in [-0.1, -0.05) is 43.5 Å². The van der Waals surface area contributed by atoms with Crippen molar-refractivity contribution in [3.8, 4) is 0 Å². The second-order valence-corrected chi connectivity index (χ2v) is 7.67. The van der Waals surface area contributed by atoms with Crippen molar-refractivity contribution >= 4 is 11.9 Å². The van der Waals surface area contributed by atoms with Crippen LogP contribution in [0.15, 0.2) is 29.3 Å². The second kappa shape index (κ2) is 13.2. The molecule has 0 radical (unpaired) electrons. The molecule has 0 aromatic heterocycles. The Hall–Kier alpha value is -2.29. The Kier molecular flexibility index (Phi) is 10.6. The summed E-state index contributed by atoms with van der Waals surface area (Å²) < 4.78 is 41.0. The van der Waals surface area contributed by atoms with Crippen LogP contribution >= 0.6 is 0 Å². The number of aliphatic imine (C=N–C) groups is 1. The molecule has 3 N–H and O–H groups in total. The average Bonchev–Trinajstić information content (AvgIpc) is 2.75. The van der Waals surface area contributed by atoms with Crippen molar-refractivity contribution in [3.63, 3.8) is 0 Å². The maximum atomic E-state index is 12.2. The fourth-order valence-electron chi connectivity index (χ4n) is 3.41. The number of carbonyl (C=O) groups excluding carboxylic acids is 1. The highest BCUT2D eigenvalue weighted by Gasteiger charge is 2.27. The summed E-state index contributed by atoms with van der Waals surface area (Å²) in [5.74, 6) is 0.937. The quantitative estimate of drug-likeness (QED) is 0.295. The van der Waals surface area contributed by atoms with Crippen LogP contribution in [0.3, 0.4) is 0 Å². The van der Waals surface area contributed by atoms with Gasteiger partial charge in [0.2, 0.25) is 5.91 Å². The zero-order valence-electron chi connectivity index (χ0n) is 18.1. The Labute approximate surface area is 182 Å². The highest BCUT2D eigenvalue weighted by molar-refractivity contribution is 5.80. The van der Waals surface area contributed by atoms with Crippen LogP contribution in [-0.4, -0.2) is 44.3 Å². The van der Waals surface area contributed by atoms with Crippen LogP contribution in [0.1, 0.15) is 50.2 Å². The van der Waals surface area contributed by atoms with E-state index < -0.39 is 12.8 Å². The molecule has 1 fully saturated rings. The molecule has 0 atom stereocenters. The first-order chi connectivity index (χ1) is 14.9. The Balaban J connectivity index is 1.72. The van der Waals surface area contributed by atoms with Crippen molar-refractivity contribution < 1.29 is 22.7 Å². The Bertz CT molecular complexity index is 687. The molecule has 2 rings (SSSR count). The minimum absolute atomic E-state index is 0.0835. The molecule has 6 nitrogen and oxygen atoms in total. The van der Waals surface area contributed by atoms with Gasteiger partial charge in [-0.05, 0) is 30.9 Å². The molecule has 1 saturated carbocycles. The van der Waals surface area contributed by atoms with E-state index in [0.29, 0.717) is 37.7 Å². The number of hydrogen-bond acceptors (Lipinski definition) is 3. The number of guanidine groups is 1. The SMILES string of the molecule is CCNC(=NCc1ccc(COCC(F)(F)F)cc1)NCCNC(=O)C1CCCCC1. The molecular weight excluding hydrogens is 409 g/mol. The van der Waals surface area contributed by atoms with Crippen molar-refractivity contribution in [1.29, 1.82) is 0 Å². The maximum Gasteiger partial charge on any atom is 0.411 e. The van der Waals surface area contributed by atoms with Crippen molar-refractivity contribution in [3.05, 3.63) is 35.4 Å². The molecular formula is C22H33F3N4O2. The van der Waals surface area contributed by atoms with Crippen LogP contribution in [0.5, 0.6) is 0 Å². The molecule has 0 bridgehead atoms. The predicted molar refractivity (Wildman–Crippen MR) is 115 cm³/mol. The van der Waals surface area contributed by atoms with E-state index in [4.69, 9.17) is 0 Å². The molecule has 1 aromatic carbocycles. The lowest BCUT2D eigenvalue weighted by molar-refractivity contribution is -0.176. The van der Waals surface area contributed by atoms with Gasteiger partial charge < -0.3 is 20.7 Å². The number of hydrogen-bond donors (Lipinski definition) is 3. The molecule has 1 aliphatic carbocycles. The first kappa shape index (κ1) is 25.0. The first-order valence-corrected chi connectivity index (χ1v) is 10.9. The molecule has 31 heavy (non-hydrogen) atoms. The van der Waals surface area contributed by atoms with Crippen molar-refractivity contribution in [2.24, 2.45) is 10.9 Å². The molecule has 0 spiro atoms. The Morgan fingerprint density at radius 3 is 2.32 bits per heavy atom. The molecule has 1 aromatic rings. The molecule has 0 saturated heterocycles. The highest BCUT2D eigenvalue weighted by atomic mass is 19.4. The van der Waals surface area contributed by atoms with Crippen LogP contribution in [0.2, 0.25) is 0 Å². The van der Waals surface area contributed by atoms with Gasteiger partial charge >= 0.3 is 6.18 Å². The van der Waals surface area contributed by atoms with E-state index in [9.17, 15) is 18.0 Å². The number of nitrogens with one attached hydrogen (secondary N) is 3. The van der Waals surface area contributed by atoms with Gasteiger partial charge in [0.05, 0.1) is 13.2 Å². The van der Waals surface area contributed by atoms with Crippen LogP contribution < -0.4 is 16.0 Å². The molecule has 9 heteroatoms. The van der Waals surface area contributed by atoms with Crippen LogP contribution in [0, 0.1) is 5.92 Å². The van der Waals surface area contributed by atoms with Gasteiger partial charge in [0, 0.05) is 25.6 Å². The lowest BCUT2D eigenvalue weighted by Gasteiger charge is -2.21. The number of halogens is 3. The number of amides is 1. The van der Waals surface area contributed by atoms with Crippen LogP contribution in [0.25, 0.3) is 0 Å². The number of ether oxygens (including phenoxy) is 1. The minimum atomic E-state index is -4.32. The van der Waals surface area contributed by atoms with Gasteiger partial charge in [0.1, 0.15) is 6.61 Å². The van der Waals surface area contributed by atoms with Gasteiger partial charge in [-0.15, -0.1) is 0 Å². The number of alkyl halides is 3. The first-order valence-electron chi connectivity index (χ1n) is 10.9. The van der Waals surface area contributed by atoms with Crippen molar-refractivity contribution in [2.75, 3.05) is 26.2 Å². The maximum absolute atomic E-state index is 12.2. The third-order valence-corrected chi connectivity index (χ3v) is 5.01. The normalized spacial score (nSPS) is 15.5. The largest absolute Gasteiger partial charge is 0.411 e. The van der Waals surface area contributed by atoms with Crippen molar-refractivity contribution in [2.45, 2.75) is 58.4 Å². The third-order valence-electron chi connectivity index (χ3n) is 5.01. The summed E-state index contributed by atoms with van der Waals surface area (Å²) in [6.45, 7) is 2.87. The summed E-state index contributed by atoms with van der Waals surface area (Å²) >= 11 is 0. The van der Waals surface area contributed by atoms with E-state index in [-0.39, 0.29) is 18.4 Å². The summed E-state index contributed by atoms with van der Waals surface area (Å²) in [5, 5.41) is 9.35. The summed E-state index contributed by atoms with van der Waals surface area (Å²) in [5.41, 5.74) is 1.61. The number of rotatable bonds is 10. The number of nitrogens with zero attached hydrogens (tertiary/aromatic N) is 1. The smallest absolute Gasteiger partial charge is 0.367 e. The fourth-order valence-corrected chi connectivity index (χ4v) is 3.41. The van der Waals surface area contributed by atoms with E-state index in [1.54, 1.807) is 12.1 Å². The van der Waals surface area contributed by atoms with E-state index in [2.05, 4.69) is 25.7 Å². The zero-order chi connectivity index (χ0) is 22.5. The molecule has 0 unspecified atom stereocenters. The van der Waals surface area contributed by atoms with E-state index in [1.165, 1.54) is 6.42 Å². The molecule has 0 aliphatic heterocycles. The fraction of sp³-hybridized carbons (Fsp3) is 0.636. The Morgan fingerprint density at radius 2 is 1.68 bits per heavy atom. The summed E-state index contributed by atoms with van der Waals surface area (Å²) in [6.07, 6.45) is 1.14. The molecule has 0 heterocycles. The molecule has 174 valence electrons. The zero-order valence-corrected chi connectivity index (χ0v) is 18.1. The number of carbonyl (C=O) groups is 1. The lowest BCUT2D eigenvalue weighted by atomic mass is 9.89. The van der Waals surface area contributed by atoms with Gasteiger partial charge in [-0.3, -0.25) is 4.79 Å². The average molecular weight is 443 g/mol. The van der Waals surface area contributed by atoms with Gasteiger partial charge in [-0.2, -0.15) is 13.2 Å². The van der Waals surface area contributed by atoms with Gasteiger partial charge in [-0.25, -0.2) is 4.99 Å². The minimum Gasteiger partial charge on any atom is -0.367 e. The van der Waals surface area contributed by atoms with Gasteiger partial charge in [0.25, 0.3) is 0 Å². The Morgan fingerprint density at radius 1 is 1.03 bits per heavy atom. The standard InChI is InChI=1S/C22H33F3N4O2/c1-2-26-21(28-13-12-27-20(30)19-6-4-3-5-7-19)29-14-17-8-10-18(11-9-17)15-31-16-22(23,24)25/h8-11,19H,2-7,12-16H2,1H3,(H,27,30)(H2,26,28,29). The lowest BCUT2D eigenvalue weighted by Crippen LogP contribution is -2.42. The van der Waals surface area contributed by atoms with Crippen LogP contribution in [-0.2, 0) is 22.7 Å². The third kappa shape index (κ3) is 10.5. The second-order valence-electron chi connectivity index (χ2n) is 7.67. The summed E-state index contributed by atoms with van der Waals surface area (Å²) in [7, 11) is 0. The van der Waals surface area contributed by atoms with E-state index in [1.807, 2.05) is 19.1 Å².